The normalized spacial score (nSPS) is 10.3. The molecular weight excluding hydrogens is 675 g/mol. The van der Waals surface area contributed by atoms with Gasteiger partial charge in [0, 0.05) is 32.3 Å². The lowest BCUT2D eigenvalue weighted by Gasteiger charge is -2.12. The summed E-state index contributed by atoms with van der Waals surface area (Å²) < 4.78 is 0. The predicted octanol–water partition coefficient (Wildman–Crippen LogP) is 8.68. The van der Waals surface area contributed by atoms with Crippen molar-refractivity contribution in [2.45, 2.75) is 13.8 Å². The first-order chi connectivity index (χ1) is 24.0. The van der Waals surface area contributed by atoms with Crippen molar-refractivity contribution in [3.05, 3.63) is 141 Å². The van der Waals surface area contributed by atoms with E-state index in [2.05, 4.69) is 19.9 Å². The second-order valence-electron chi connectivity index (χ2n) is 10.8. The zero-order valence-corrected chi connectivity index (χ0v) is 27.9. The molecule has 6 aromatic rings. The second-order valence-corrected chi connectivity index (χ2v) is 11.7. The number of carbonyl (C=O) groups is 2. The number of nitriles is 2. The molecule has 6 rings (SSSR count). The maximum Gasteiger partial charge on any atom is 0.357 e. The van der Waals surface area contributed by atoms with Crippen LogP contribution in [0, 0.1) is 36.5 Å². The van der Waals surface area contributed by atoms with Crippen LogP contribution in [0.1, 0.15) is 43.5 Å². The first-order valence-electron chi connectivity index (χ1n) is 14.8. The molecule has 0 aliphatic heterocycles. The molecule has 0 fully saturated rings. The van der Waals surface area contributed by atoms with Crippen LogP contribution < -0.4 is 0 Å². The molecule has 0 atom stereocenters. The Hall–Kier alpha value is -6.46. The van der Waals surface area contributed by atoms with Crippen molar-refractivity contribution in [1.29, 1.82) is 10.5 Å². The zero-order valence-electron chi connectivity index (χ0n) is 26.4. The fraction of sp³-hybridized carbons (Fsp3) is 0.0526. The number of aromatic nitrogens is 4. The van der Waals surface area contributed by atoms with E-state index in [1.165, 1.54) is 0 Å². The number of carboxylic acids is 2. The van der Waals surface area contributed by atoms with Gasteiger partial charge in [0.25, 0.3) is 0 Å². The molecule has 2 N–H and O–H groups in total. The smallest absolute Gasteiger partial charge is 0.357 e. The van der Waals surface area contributed by atoms with Gasteiger partial charge in [0.15, 0.2) is 22.8 Å². The molecule has 244 valence electrons. The van der Waals surface area contributed by atoms with Crippen LogP contribution in [-0.4, -0.2) is 42.1 Å². The van der Waals surface area contributed by atoms with E-state index >= 15 is 0 Å². The van der Waals surface area contributed by atoms with Gasteiger partial charge in [-0.1, -0.05) is 107 Å². The fourth-order valence-electron chi connectivity index (χ4n) is 4.77. The van der Waals surface area contributed by atoms with Gasteiger partial charge in [-0.05, 0) is 38.1 Å². The number of aryl methyl sites for hydroxylation is 2. The van der Waals surface area contributed by atoms with Crippen molar-refractivity contribution in [3.8, 4) is 57.2 Å². The first kappa shape index (κ1) is 34.9. The third kappa shape index (κ3) is 7.80. The van der Waals surface area contributed by atoms with Crippen LogP contribution in [0.15, 0.2) is 97.1 Å². The summed E-state index contributed by atoms with van der Waals surface area (Å²) in [6, 6.07) is 32.7. The maximum atomic E-state index is 11.5. The van der Waals surface area contributed by atoms with Gasteiger partial charge in [0.05, 0.1) is 22.8 Å². The Morgan fingerprint density at radius 1 is 0.500 bits per heavy atom. The van der Waals surface area contributed by atoms with E-state index in [1.807, 2.05) is 74.5 Å². The summed E-state index contributed by atoms with van der Waals surface area (Å²) in [5, 5.41) is 38.3. The molecule has 0 aliphatic rings. The van der Waals surface area contributed by atoms with Crippen LogP contribution in [0.25, 0.3) is 45.0 Å². The minimum Gasteiger partial charge on any atom is -0.476 e. The van der Waals surface area contributed by atoms with Gasteiger partial charge in [-0.15, -0.1) is 0 Å². The lowest BCUT2D eigenvalue weighted by Crippen LogP contribution is -2.15. The van der Waals surface area contributed by atoms with Crippen molar-refractivity contribution >= 4 is 35.1 Å². The molecule has 0 unspecified atom stereocenters. The number of hydrogen-bond donors (Lipinski definition) is 2. The van der Waals surface area contributed by atoms with Crippen molar-refractivity contribution < 1.29 is 19.8 Å². The molecule has 12 heteroatoms. The number of nitrogens with zero attached hydrogens (tertiary/aromatic N) is 6. The third-order valence-corrected chi connectivity index (χ3v) is 7.80. The van der Waals surface area contributed by atoms with Gasteiger partial charge in [0.1, 0.15) is 12.1 Å². The Kier molecular flexibility index (Phi) is 10.6. The SMILES string of the molecule is Cc1ccc(-c2nc(C#N)c(C#N)nc2-c2ccc(Cl)cc2)cc1.Cc1ccc(-c2nc(C(=O)O)c(C(=O)O)nc2-c2ccc(Cl)cc2)cc1. The van der Waals surface area contributed by atoms with Crippen molar-refractivity contribution in [3.63, 3.8) is 0 Å². The predicted molar refractivity (Wildman–Crippen MR) is 189 cm³/mol. The highest BCUT2D eigenvalue weighted by atomic mass is 35.5. The molecule has 10 nitrogen and oxygen atoms in total. The Morgan fingerprint density at radius 3 is 1.02 bits per heavy atom. The van der Waals surface area contributed by atoms with Gasteiger partial charge < -0.3 is 10.2 Å². The highest BCUT2D eigenvalue weighted by Crippen LogP contribution is 2.32. The minimum atomic E-state index is -1.46. The highest BCUT2D eigenvalue weighted by molar-refractivity contribution is 6.31. The van der Waals surface area contributed by atoms with Gasteiger partial charge in [-0.2, -0.15) is 10.5 Å². The van der Waals surface area contributed by atoms with Crippen LogP contribution in [-0.2, 0) is 0 Å². The summed E-state index contributed by atoms with van der Waals surface area (Å²) in [7, 11) is 0. The molecule has 0 spiro atoms. The molecule has 4 aromatic carbocycles. The molecule has 0 bridgehead atoms. The molecule has 0 aliphatic carbocycles. The standard InChI is InChI=1S/C19H11ClN4.C19H13ClN2O4/c1-12-2-4-13(5-3-12)18-19(14-6-8-15(20)9-7-14)24-17(11-22)16(10-21)23-18;1-10-2-4-11(5-3-10)14-15(12-6-8-13(20)9-7-12)22-17(19(25)26)16(21-14)18(23)24/h2-9H,1H3;2-9H,1H3,(H,23,24)(H,25,26). The molecule has 0 saturated carbocycles. The van der Waals surface area contributed by atoms with Gasteiger partial charge in [0.2, 0.25) is 0 Å². The van der Waals surface area contributed by atoms with E-state index in [1.54, 1.807) is 48.5 Å². The number of rotatable bonds is 6. The van der Waals surface area contributed by atoms with Gasteiger partial charge in [-0.3, -0.25) is 0 Å². The van der Waals surface area contributed by atoms with Crippen LogP contribution in [0.5, 0.6) is 0 Å². The molecule has 0 radical (unpaired) electrons. The average molecular weight is 700 g/mol. The van der Waals surface area contributed by atoms with E-state index in [-0.39, 0.29) is 22.8 Å². The largest absolute Gasteiger partial charge is 0.476 e. The van der Waals surface area contributed by atoms with Crippen molar-refractivity contribution in [2.75, 3.05) is 0 Å². The highest BCUT2D eigenvalue weighted by Gasteiger charge is 2.25. The molecule has 2 aromatic heterocycles. The van der Waals surface area contributed by atoms with E-state index < -0.39 is 23.3 Å². The van der Waals surface area contributed by atoms with Crippen LogP contribution in [0.3, 0.4) is 0 Å². The van der Waals surface area contributed by atoms with Crippen molar-refractivity contribution in [1.82, 2.24) is 19.9 Å². The summed E-state index contributed by atoms with van der Waals surface area (Å²) in [5.74, 6) is -2.91. The first-order valence-corrected chi connectivity index (χ1v) is 15.5. The summed E-state index contributed by atoms with van der Waals surface area (Å²) in [5.41, 5.74) is 5.45. The second kappa shape index (κ2) is 15.2. The number of aromatic carboxylic acids is 2. The summed E-state index contributed by atoms with van der Waals surface area (Å²) in [4.78, 5) is 39.9. The van der Waals surface area contributed by atoms with Crippen LogP contribution in [0.4, 0.5) is 0 Å². The monoisotopic (exact) mass is 698 g/mol. The van der Waals surface area contributed by atoms with Gasteiger partial charge >= 0.3 is 11.9 Å². The molecule has 2 heterocycles. The zero-order chi connectivity index (χ0) is 35.9. The number of halogens is 2. The Bertz CT molecular complexity index is 2150. The third-order valence-electron chi connectivity index (χ3n) is 7.29. The maximum absolute atomic E-state index is 11.5. The van der Waals surface area contributed by atoms with E-state index in [0.29, 0.717) is 32.6 Å². The Morgan fingerprint density at radius 2 is 0.760 bits per heavy atom. The quantitative estimate of drug-likeness (QED) is 0.171. The number of carboxylic acid groups (broad SMARTS) is 2. The van der Waals surface area contributed by atoms with E-state index in [0.717, 1.165) is 22.3 Å². The van der Waals surface area contributed by atoms with Crippen LogP contribution in [0.2, 0.25) is 10.0 Å². The van der Waals surface area contributed by atoms with E-state index in [4.69, 9.17) is 23.2 Å². The number of benzene rings is 4. The lowest BCUT2D eigenvalue weighted by atomic mass is 10.0. The minimum absolute atomic E-state index is 0.0123. The molecule has 0 amide bonds. The summed E-state index contributed by atoms with van der Waals surface area (Å²) in [6.45, 7) is 3.92. The van der Waals surface area contributed by atoms with Gasteiger partial charge in [-0.25, -0.2) is 29.5 Å². The summed E-state index contributed by atoms with van der Waals surface area (Å²) in [6.07, 6.45) is 0. The molecular formula is C38H24Cl2N6O4. The lowest BCUT2D eigenvalue weighted by molar-refractivity contribution is 0.0641. The fourth-order valence-corrected chi connectivity index (χ4v) is 5.02. The van der Waals surface area contributed by atoms with Crippen molar-refractivity contribution in [2.24, 2.45) is 0 Å². The number of hydrogen-bond acceptors (Lipinski definition) is 8. The summed E-state index contributed by atoms with van der Waals surface area (Å²) >= 11 is 11.9. The average Bonchev–Trinajstić information content (AvgIpc) is 3.12. The molecule has 50 heavy (non-hydrogen) atoms. The van der Waals surface area contributed by atoms with E-state index in [9.17, 15) is 30.3 Å². The topological polar surface area (TPSA) is 174 Å². The van der Waals surface area contributed by atoms with Crippen LogP contribution >= 0.6 is 23.2 Å². The Labute approximate surface area is 296 Å². The molecule has 0 saturated heterocycles. The Balaban J connectivity index is 0.000000195.